The third kappa shape index (κ3) is 3.81. The molecule has 1 aromatic heterocycles. The molecular weight excluding hydrogens is 216 g/mol. The van der Waals surface area contributed by atoms with Gasteiger partial charge in [-0.1, -0.05) is 18.5 Å². The molecule has 0 aliphatic carbocycles. The van der Waals surface area contributed by atoms with E-state index in [-0.39, 0.29) is 11.8 Å². The molecule has 15 heavy (non-hydrogen) atoms. The van der Waals surface area contributed by atoms with Gasteiger partial charge in [-0.25, -0.2) is 0 Å². The quantitative estimate of drug-likeness (QED) is 0.805. The van der Waals surface area contributed by atoms with E-state index in [0.717, 1.165) is 0 Å². The molecule has 0 bridgehead atoms. The Labute approximate surface area is 93.2 Å². The zero-order valence-corrected chi connectivity index (χ0v) is 9.38. The van der Waals surface area contributed by atoms with Crippen LogP contribution in [0.2, 0.25) is 5.15 Å². The first-order valence-corrected chi connectivity index (χ1v) is 4.96. The van der Waals surface area contributed by atoms with Gasteiger partial charge in [-0.05, 0) is 19.2 Å². The van der Waals surface area contributed by atoms with E-state index in [1.165, 1.54) is 0 Å². The summed E-state index contributed by atoms with van der Waals surface area (Å²) in [7, 11) is 1.80. The van der Waals surface area contributed by atoms with Gasteiger partial charge >= 0.3 is 0 Å². The summed E-state index contributed by atoms with van der Waals surface area (Å²) in [6, 6.07) is 3.19. The lowest BCUT2D eigenvalue weighted by atomic mass is 10.1. The minimum Gasteiger partial charge on any atom is -0.319 e. The Balaban J connectivity index is 2.54. The fourth-order valence-electron chi connectivity index (χ4n) is 1.03. The molecule has 1 heterocycles. The Morgan fingerprint density at radius 1 is 1.53 bits per heavy atom. The molecule has 1 aromatic rings. The van der Waals surface area contributed by atoms with Gasteiger partial charge in [-0.15, -0.1) is 10.2 Å². The molecule has 0 spiro atoms. The van der Waals surface area contributed by atoms with Gasteiger partial charge in [0.15, 0.2) is 11.0 Å². The Bertz CT molecular complexity index is 327. The van der Waals surface area contributed by atoms with Crippen molar-refractivity contribution in [1.29, 1.82) is 0 Å². The second-order valence-corrected chi connectivity index (χ2v) is 3.58. The molecule has 0 aliphatic rings. The SMILES string of the molecule is CNCC(C)C(=O)Nc1ccc(Cl)nn1. The number of hydrogen-bond donors (Lipinski definition) is 2. The fourth-order valence-corrected chi connectivity index (χ4v) is 1.13. The lowest BCUT2D eigenvalue weighted by Crippen LogP contribution is -2.28. The highest BCUT2D eigenvalue weighted by atomic mass is 35.5. The van der Waals surface area contributed by atoms with Crippen LogP contribution in [0.15, 0.2) is 12.1 Å². The third-order valence-electron chi connectivity index (χ3n) is 1.84. The normalized spacial score (nSPS) is 12.2. The molecule has 1 rings (SSSR count). The van der Waals surface area contributed by atoms with E-state index in [1.54, 1.807) is 19.2 Å². The van der Waals surface area contributed by atoms with Crippen LogP contribution in [0.5, 0.6) is 0 Å². The van der Waals surface area contributed by atoms with E-state index < -0.39 is 0 Å². The number of carbonyl (C=O) groups excluding carboxylic acids is 1. The predicted molar refractivity (Wildman–Crippen MR) is 58.8 cm³/mol. The standard InChI is InChI=1S/C9H13ClN4O/c1-6(5-11-2)9(15)12-8-4-3-7(10)13-14-8/h3-4,6,11H,5H2,1-2H3,(H,12,14,15). The van der Waals surface area contributed by atoms with Gasteiger partial charge < -0.3 is 10.6 Å². The summed E-state index contributed by atoms with van der Waals surface area (Å²) in [6.45, 7) is 2.45. The van der Waals surface area contributed by atoms with Crippen molar-refractivity contribution in [3.05, 3.63) is 17.3 Å². The first-order valence-electron chi connectivity index (χ1n) is 4.58. The van der Waals surface area contributed by atoms with E-state index in [1.807, 2.05) is 6.92 Å². The maximum atomic E-state index is 11.5. The van der Waals surface area contributed by atoms with Crippen molar-refractivity contribution in [2.75, 3.05) is 18.9 Å². The van der Waals surface area contributed by atoms with Crippen molar-refractivity contribution in [2.24, 2.45) is 5.92 Å². The Morgan fingerprint density at radius 2 is 2.27 bits per heavy atom. The van der Waals surface area contributed by atoms with Gasteiger partial charge in [-0.3, -0.25) is 4.79 Å². The van der Waals surface area contributed by atoms with Crippen LogP contribution in [0.25, 0.3) is 0 Å². The van der Waals surface area contributed by atoms with E-state index >= 15 is 0 Å². The molecule has 0 aliphatic heterocycles. The van der Waals surface area contributed by atoms with Crippen molar-refractivity contribution in [3.8, 4) is 0 Å². The van der Waals surface area contributed by atoms with Crippen molar-refractivity contribution in [3.63, 3.8) is 0 Å². The molecule has 0 saturated carbocycles. The second kappa shape index (κ2) is 5.63. The predicted octanol–water partition coefficient (Wildman–Crippen LogP) is 0.924. The average Bonchev–Trinajstić information content (AvgIpc) is 2.22. The first kappa shape index (κ1) is 11.9. The zero-order valence-electron chi connectivity index (χ0n) is 8.62. The Hall–Kier alpha value is -1.20. The lowest BCUT2D eigenvalue weighted by Gasteiger charge is -2.10. The summed E-state index contributed by atoms with van der Waals surface area (Å²) < 4.78 is 0. The number of nitrogens with zero attached hydrogens (tertiary/aromatic N) is 2. The van der Waals surface area contributed by atoms with Crippen LogP contribution in [0, 0.1) is 5.92 Å². The largest absolute Gasteiger partial charge is 0.319 e. The highest BCUT2D eigenvalue weighted by Crippen LogP contribution is 2.07. The van der Waals surface area contributed by atoms with Crippen LogP contribution in [0.4, 0.5) is 5.82 Å². The van der Waals surface area contributed by atoms with Gasteiger partial charge in [0.25, 0.3) is 0 Å². The molecule has 1 amide bonds. The average molecular weight is 229 g/mol. The van der Waals surface area contributed by atoms with E-state index in [9.17, 15) is 4.79 Å². The molecule has 1 unspecified atom stereocenters. The molecule has 0 aromatic carbocycles. The number of hydrogen-bond acceptors (Lipinski definition) is 4. The molecule has 0 fully saturated rings. The molecule has 2 N–H and O–H groups in total. The van der Waals surface area contributed by atoms with Gasteiger partial charge in [0, 0.05) is 12.5 Å². The topological polar surface area (TPSA) is 66.9 Å². The van der Waals surface area contributed by atoms with Gasteiger partial charge in [0.05, 0.1) is 0 Å². The van der Waals surface area contributed by atoms with Crippen LogP contribution < -0.4 is 10.6 Å². The number of nitrogens with one attached hydrogen (secondary N) is 2. The monoisotopic (exact) mass is 228 g/mol. The van der Waals surface area contributed by atoms with Crippen molar-refractivity contribution < 1.29 is 4.79 Å². The summed E-state index contributed by atoms with van der Waals surface area (Å²) in [5.74, 6) is 0.195. The third-order valence-corrected chi connectivity index (χ3v) is 2.04. The minimum absolute atomic E-state index is 0.0963. The molecule has 82 valence electrons. The molecule has 0 radical (unpaired) electrons. The smallest absolute Gasteiger partial charge is 0.229 e. The maximum absolute atomic E-state index is 11.5. The van der Waals surface area contributed by atoms with Gasteiger partial charge in [-0.2, -0.15) is 0 Å². The summed E-state index contributed by atoms with van der Waals surface area (Å²) in [4.78, 5) is 11.5. The number of carbonyl (C=O) groups is 1. The summed E-state index contributed by atoms with van der Waals surface area (Å²) in [5.41, 5.74) is 0. The molecule has 0 saturated heterocycles. The van der Waals surface area contributed by atoms with Gasteiger partial charge in [0.1, 0.15) is 0 Å². The molecule has 1 atom stereocenters. The maximum Gasteiger partial charge on any atom is 0.229 e. The fraction of sp³-hybridized carbons (Fsp3) is 0.444. The highest BCUT2D eigenvalue weighted by molar-refractivity contribution is 6.29. The Morgan fingerprint density at radius 3 is 2.80 bits per heavy atom. The summed E-state index contributed by atoms with van der Waals surface area (Å²) in [5, 5.41) is 13.2. The van der Waals surface area contributed by atoms with Crippen LogP contribution in [0.1, 0.15) is 6.92 Å². The van der Waals surface area contributed by atoms with Crippen molar-refractivity contribution in [2.45, 2.75) is 6.92 Å². The minimum atomic E-state index is -0.118. The highest BCUT2D eigenvalue weighted by Gasteiger charge is 2.12. The molecule has 6 heteroatoms. The lowest BCUT2D eigenvalue weighted by molar-refractivity contribution is -0.119. The van der Waals surface area contributed by atoms with Crippen LogP contribution in [-0.2, 0) is 4.79 Å². The number of aromatic nitrogens is 2. The number of anilines is 1. The van der Waals surface area contributed by atoms with Crippen LogP contribution in [-0.4, -0.2) is 29.7 Å². The summed E-state index contributed by atoms with van der Waals surface area (Å²) in [6.07, 6.45) is 0. The zero-order chi connectivity index (χ0) is 11.3. The van der Waals surface area contributed by atoms with E-state index in [2.05, 4.69) is 20.8 Å². The van der Waals surface area contributed by atoms with Crippen molar-refractivity contribution >= 4 is 23.3 Å². The molecule has 5 nitrogen and oxygen atoms in total. The van der Waals surface area contributed by atoms with Crippen LogP contribution in [0.3, 0.4) is 0 Å². The van der Waals surface area contributed by atoms with Gasteiger partial charge in [0.2, 0.25) is 5.91 Å². The van der Waals surface area contributed by atoms with Crippen LogP contribution >= 0.6 is 11.6 Å². The van der Waals surface area contributed by atoms with E-state index in [4.69, 9.17) is 11.6 Å². The molecular formula is C9H13ClN4O. The number of amides is 1. The van der Waals surface area contributed by atoms with Crippen molar-refractivity contribution in [1.82, 2.24) is 15.5 Å². The number of halogens is 1. The summed E-state index contributed by atoms with van der Waals surface area (Å²) >= 11 is 5.56. The number of rotatable bonds is 4. The Kier molecular flexibility index (Phi) is 4.45. The van der Waals surface area contributed by atoms with E-state index in [0.29, 0.717) is 17.5 Å². The second-order valence-electron chi connectivity index (χ2n) is 3.19. The first-order chi connectivity index (χ1) is 7.13.